The number of amides is 1. The van der Waals surface area contributed by atoms with Gasteiger partial charge in [0.2, 0.25) is 0 Å². The molecule has 5 nitrogen and oxygen atoms in total. The van der Waals surface area contributed by atoms with E-state index in [4.69, 9.17) is 15.5 Å². The Morgan fingerprint density at radius 1 is 1.25 bits per heavy atom. The number of halogens is 1. The Kier molecular flexibility index (Phi) is 4.41. The summed E-state index contributed by atoms with van der Waals surface area (Å²) < 4.78 is 20.1. The molecule has 144 valence electrons. The molecule has 28 heavy (non-hydrogen) atoms. The van der Waals surface area contributed by atoms with Gasteiger partial charge in [0.25, 0.3) is 5.91 Å². The van der Waals surface area contributed by atoms with Gasteiger partial charge in [0.05, 0.1) is 41.7 Å². The van der Waals surface area contributed by atoms with Gasteiger partial charge in [0.15, 0.2) is 0 Å². The molecule has 0 aliphatic carbocycles. The summed E-state index contributed by atoms with van der Waals surface area (Å²) in [5.41, 5.74) is 9.41. The lowest BCUT2D eigenvalue weighted by Gasteiger charge is -2.22. The van der Waals surface area contributed by atoms with E-state index in [2.05, 4.69) is 0 Å². The number of rotatable bonds is 4. The van der Waals surface area contributed by atoms with Crippen molar-refractivity contribution in [1.29, 1.82) is 0 Å². The second kappa shape index (κ2) is 6.78. The average molecular weight is 379 g/mol. The Labute approximate surface area is 162 Å². The molecule has 1 unspecified atom stereocenters. The van der Waals surface area contributed by atoms with Crippen molar-refractivity contribution in [2.24, 2.45) is 0 Å². The molecule has 0 fully saturated rings. The molecule has 4 rings (SSSR count). The summed E-state index contributed by atoms with van der Waals surface area (Å²) in [4.78, 5) is 19.4. The van der Waals surface area contributed by atoms with E-state index in [1.54, 1.807) is 29.2 Å². The lowest BCUT2D eigenvalue weighted by Crippen LogP contribution is -2.32. The maximum absolute atomic E-state index is 14.7. The van der Waals surface area contributed by atoms with E-state index in [1.807, 2.05) is 19.9 Å². The van der Waals surface area contributed by atoms with E-state index in [9.17, 15) is 9.18 Å². The van der Waals surface area contributed by atoms with Gasteiger partial charge in [-0.1, -0.05) is 31.2 Å². The van der Waals surface area contributed by atoms with Crippen LogP contribution in [0.2, 0.25) is 0 Å². The molecule has 1 amide bonds. The monoisotopic (exact) mass is 379 g/mol. The minimum Gasteiger partial charge on any atom is -0.496 e. The van der Waals surface area contributed by atoms with Crippen molar-refractivity contribution in [2.45, 2.75) is 32.9 Å². The minimum atomic E-state index is -0.398. The Bertz CT molecular complexity index is 1100. The minimum absolute atomic E-state index is 0.0925. The number of carbonyl (C=O) groups is 1. The molecule has 2 N–H and O–H groups in total. The maximum atomic E-state index is 14.7. The predicted molar refractivity (Wildman–Crippen MR) is 108 cm³/mol. The number of methoxy groups -OCH3 is 1. The highest BCUT2D eigenvalue weighted by molar-refractivity contribution is 6.11. The molecule has 0 saturated heterocycles. The number of hydrogen-bond acceptors (Lipinski definition) is 4. The highest BCUT2D eigenvalue weighted by Crippen LogP contribution is 2.40. The first-order chi connectivity index (χ1) is 13.5. The summed E-state index contributed by atoms with van der Waals surface area (Å²) in [5, 5.41) is 0.640. The SMILES string of the molecule is CCC(C)N1Cc2nc3c(-c4c(F)cccc4OC)cccc3c(N)c2C1=O. The second-order valence-corrected chi connectivity index (χ2v) is 7.06. The van der Waals surface area contributed by atoms with Crippen LogP contribution in [0.3, 0.4) is 0 Å². The van der Waals surface area contributed by atoms with Gasteiger partial charge >= 0.3 is 0 Å². The smallest absolute Gasteiger partial charge is 0.258 e. The van der Waals surface area contributed by atoms with Crippen LogP contribution in [0.5, 0.6) is 5.75 Å². The van der Waals surface area contributed by atoms with Crippen molar-refractivity contribution < 1.29 is 13.9 Å². The number of nitrogens with two attached hydrogens (primary N) is 1. The zero-order valence-corrected chi connectivity index (χ0v) is 16.1. The van der Waals surface area contributed by atoms with Gasteiger partial charge in [-0.15, -0.1) is 0 Å². The normalized spacial score (nSPS) is 14.4. The maximum Gasteiger partial charge on any atom is 0.258 e. The van der Waals surface area contributed by atoms with Gasteiger partial charge in [0.1, 0.15) is 11.6 Å². The fourth-order valence-corrected chi connectivity index (χ4v) is 3.81. The molecule has 3 aromatic rings. The lowest BCUT2D eigenvalue weighted by atomic mass is 9.98. The first-order valence-electron chi connectivity index (χ1n) is 9.32. The fraction of sp³-hybridized carbons (Fsp3) is 0.273. The van der Waals surface area contributed by atoms with Gasteiger partial charge in [-0.3, -0.25) is 4.79 Å². The molecule has 1 aliphatic heterocycles. The van der Waals surface area contributed by atoms with Gasteiger partial charge in [0, 0.05) is 17.0 Å². The molecule has 6 heteroatoms. The first-order valence-corrected chi connectivity index (χ1v) is 9.32. The summed E-state index contributed by atoms with van der Waals surface area (Å²) in [6.45, 7) is 4.46. The number of hydrogen-bond donors (Lipinski definition) is 1. The van der Waals surface area contributed by atoms with E-state index in [0.717, 1.165) is 6.42 Å². The molecular formula is C22H22FN3O2. The quantitative estimate of drug-likeness (QED) is 0.730. The second-order valence-electron chi connectivity index (χ2n) is 7.06. The molecule has 2 heterocycles. The van der Waals surface area contributed by atoms with Crippen LogP contribution in [0.1, 0.15) is 36.3 Å². The van der Waals surface area contributed by atoms with E-state index >= 15 is 0 Å². The number of benzene rings is 2. The molecule has 2 aromatic carbocycles. The molecule has 0 radical (unpaired) electrons. The third kappa shape index (κ3) is 2.59. The van der Waals surface area contributed by atoms with Crippen LogP contribution < -0.4 is 10.5 Å². The number of aromatic nitrogens is 1. The lowest BCUT2D eigenvalue weighted by molar-refractivity contribution is 0.0713. The summed E-state index contributed by atoms with van der Waals surface area (Å²) in [5.74, 6) is -0.0687. The average Bonchev–Trinajstić information content (AvgIpc) is 3.04. The first kappa shape index (κ1) is 18.2. The third-order valence-electron chi connectivity index (χ3n) is 5.51. The summed E-state index contributed by atoms with van der Waals surface area (Å²) >= 11 is 0. The third-order valence-corrected chi connectivity index (χ3v) is 5.51. The summed E-state index contributed by atoms with van der Waals surface area (Å²) in [6, 6.07) is 10.2. The molecule has 1 atom stereocenters. The zero-order chi connectivity index (χ0) is 20.0. The van der Waals surface area contributed by atoms with E-state index in [-0.39, 0.29) is 11.9 Å². The van der Waals surface area contributed by atoms with Crippen LogP contribution in [0, 0.1) is 5.82 Å². The van der Waals surface area contributed by atoms with Crippen LogP contribution in [-0.4, -0.2) is 28.9 Å². The van der Waals surface area contributed by atoms with Crippen molar-refractivity contribution >= 4 is 22.5 Å². The van der Waals surface area contributed by atoms with Crippen LogP contribution in [0.25, 0.3) is 22.0 Å². The van der Waals surface area contributed by atoms with Crippen LogP contribution in [-0.2, 0) is 6.54 Å². The standard InChI is InChI=1S/C22H22FN3O2/c1-4-12(2)26-11-16-19(22(26)27)20(24)14-8-5-7-13(21(14)25-16)18-15(23)9-6-10-17(18)28-3/h5-10,12H,4,11H2,1-3H3,(H2,24,25). The van der Waals surface area contributed by atoms with Crippen LogP contribution in [0.15, 0.2) is 36.4 Å². The number of ether oxygens (including phenoxy) is 1. The van der Waals surface area contributed by atoms with Crippen molar-refractivity contribution in [1.82, 2.24) is 9.88 Å². The highest BCUT2D eigenvalue weighted by Gasteiger charge is 2.34. The van der Waals surface area contributed by atoms with Crippen molar-refractivity contribution in [3.05, 3.63) is 53.5 Å². The molecule has 0 saturated carbocycles. The largest absolute Gasteiger partial charge is 0.496 e. The number of anilines is 1. The highest BCUT2D eigenvalue weighted by atomic mass is 19.1. The van der Waals surface area contributed by atoms with E-state index in [1.165, 1.54) is 13.2 Å². The Morgan fingerprint density at radius 3 is 2.71 bits per heavy atom. The molecular weight excluding hydrogens is 357 g/mol. The Hall–Kier alpha value is -3.15. The zero-order valence-electron chi connectivity index (χ0n) is 16.1. The Balaban J connectivity index is 1.98. The van der Waals surface area contributed by atoms with Gasteiger partial charge in [-0.25, -0.2) is 9.37 Å². The van der Waals surface area contributed by atoms with Crippen LogP contribution >= 0.6 is 0 Å². The molecule has 0 spiro atoms. The molecule has 1 aliphatic rings. The van der Waals surface area contributed by atoms with E-state index in [0.29, 0.717) is 51.3 Å². The number of fused-ring (bicyclic) bond motifs is 2. The number of carbonyl (C=O) groups excluding carboxylic acids is 1. The van der Waals surface area contributed by atoms with Gasteiger partial charge in [-0.2, -0.15) is 0 Å². The van der Waals surface area contributed by atoms with Gasteiger partial charge < -0.3 is 15.4 Å². The topological polar surface area (TPSA) is 68.5 Å². The van der Waals surface area contributed by atoms with Crippen LogP contribution in [0.4, 0.5) is 10.1 Å². The molecule has 0 bridgehead atoms. The molecule has 1 aromatic heterocycles. The van der Waals surface area contributed by atoms with Crippen molar-refractivity contribution in [2.75, 3.05) is 12.8 Å². The number of pyridine rings is 1. The van der Waals surface area contributed by atoms with Gasteiger partial charge in [-0.05, 0) is 25.5 Å². The van der Waals surface area contributed by atoms with Crippen molar-refractivity contribution in [3.63, 3.8) is 0 Å². The van der Waals surface area contributed by atoms with Crippen molar-refractivity contribution in [3.8, 4) is 16.9 Å². The Morgan fingerprint density at radius 2 is 2.00 bits per heavy atom. The summed E-state index contributed by atoms with van der Waals surface area (Å²) in [6.07, 6.45) is 0.844. The fourth-order valence-electron chi connectivity index (χ4n) is 3.81. The summed E-state index contributed by atoms with van der Waals surface area (Å²) in [7, 11) is 1.51. The predicted octanol–water partition coefficient (Wildman–Crippen LogP) is 4.39. The number of nitrogens with zero attached hydrogens (tertiary/aromatic N) is 2. The van der Waals surface area contributed by atoms with E-state index < -0.39 is 5.82 Å². The number of para-hydroxylation sites is 1. The number of nitrogen functional groups attached to an aromatic ring is 1.